The number of nitrogens with one attached hydrogen (secondary N) is 1. The number of nitrogen functional groups attached to an aromatic ring is 1. The lowest BCUT2D eigenvalue weighted by atomic mass is 10.1. The average molecular weight is 273 g/mol. The minimum absolute atomic E-state index is 0.0576. The molecule has 1 aromatic heterocycles. The van der Waals surface area contributed by atoms with Crippen LogP contribution in [0.25, 0.3) is 10.9 Å². The van der Waals surface area contributed by atoms with Crippen molar-refractivity contribution in [3.05, 3.63) is 35.9 Å². The van der Waals surface area contributed by atoms with Crippen molar-refractivity contribution >= 4 is 34.4 Å². The summed E-state index contributed by atoms with van der Waals surface area (Å²) in [6, 6.07) is 9.49. The Bertz CT molecular complexity index is 623. The third-order valence-corrected chi connectivity index (χ3v) is 4.41. The third kappa shape index (κ3) is 2.51. The summed E-state index contributed by atoms with van der Waals surface area (Å²) in [5, 5.41) is 3.92. The summed E-state index contributed by atoms with van der Waals surface area (Å²) in [6.45, 7) is 0. The molecule has 1 aliphatic heterocycles. The minimum Gasteiger partial charge on any atom is -0.384 e. The Morgan fingerprint density at radius 1 is 1.42 bits per heavy atom. The number of aromatic nitrogens is 1. The lowest BCUT2D eigenvalue weighted by molar-refractivity contribution is 0.0943. The molecular formula is C14H15N3OS. The molecule has 1 saturated heterocycles. The number of nitrogens with two attached hydrogens (primary N) is 1. The van der Waals surface area contributed by atoms with Gasteiger partial charge in [0.2, 0.25) is 0 Å². The van der Waals surface area contributed by atoms with E-state index in [1.165, 1.54) is 0 Å². The fourth-order valence-electron chi connectivity index (χ4n) is 2.30. The molecule has 1 aliphatic rings. The fraction of sp³-hybridized carbons (Fsp3) is 0.286. The average Bonchev–Trinajstić information content (AvgIpc) is 2.90. The zero-order valence-electron chi connectivity index (χ0n) is 10.4. The van der Waals surface area contributed by atoms with E-state index in [4.69, 9.17) is 5.73 Å². The van der Waals surface area contributed by atoms with Crippen molar-refractivity contribution in [2.24, 2.45) is 0 Å². The Labute approximate surface area is 115 Å². The number of thioether (sulfide) groups is 1. The third-order valence-electron chi connectivity index (χ3n) is 3.25. The van der Waals surface area contributed by atoms with Gasteiger partial charge in [0.1, 0.15) is 5.82 Å². The predicted octanol–water partition coefficient (Wildman–Crippen LogP) is 2.05. The lowest BCUT2D eigenvalue weighted by Crippen LogP contribution is -2.34. The molecule has 1 atom stereocenters. The first-order valence-electron chi connectivity index (χ1n) is 6.28. The number of hydrogen-bond acceptors (Lipinski definition) is 4. The molecule has 1 aromatic carbocycles. The first-order chi connectivity index (χ1) is 9.24. The van der Waals surface area contributed by atoms with Crippen molar-refractivity contribution < 1.29 is 4.79 Å². The number of nitrogens with zero attached hydrogens (tertiary/aromatic N) is 1. The van der Waals surface area contributed by atoms with E-state index in [0.717, 1.165) is 28.8 Å². The van der Waals surface area contributed by atoms with E-state index in [9.17, 15) is 4.79 Å². The number of fused-ring (bicyclic) bond motifs is 1. The second-order valence-electron chi connectivity index (χ2n) is 4.65. The second-order valence-corrected chi connectivity index (χ2v) is 5.80. The molecule has 0 radical (unpaired) electrons. The van der Waals surface area contributed by atoms with Gasteiger partial charge in [-0.3, -0.25) is 4.79 Å². The van der Waals surface area contributed by atoms with Gasteiger partial charge in [-0.05, 0) is 24.3 Å². The second kappa shape index (κ2) is 5.09. The number of carbonyl (C=O) groups excluding carboxylic acids is 1. The molecule has 0 saturated carbocycles. The van der Waals surface area contributed by atoms with Gasteiger partial charge in [0.15, 0.2) is 0 Å². The smallest absolute Gasteiger partial charge is 0.252 e. The standard InChI is InChI=1S/C14H15N3OS/c15-13-7-11(10-3-1-2-4-12(10)17-13)14(18)16-9-5-6-19-8-9/h1-4,7,9H,5-6,8H2,(H2,15,17)(H,16,18). The summed E-state index contributed by atoms with van der Waals surface area (Å²) in [5.74, 6) is 2.43. The van der Waals surface area contributed by atoms with Gasteiger partial charge in [0, 0.05) is 17.2 Å². The van der Waals surface area contributed by atoms with Gasteiger partial charge in [0.05, 0.1) is 11.1 Å². The van der Waals surface area contributed by atoms with E-state index in [1.54, 1.807) is 6.07 Å². The van der Waals surface area contributed by atoms with Gasteiger partial charge < -0.3 is 11.1 Å². The van der Waals surface area contributed by atoms with Crippen molar-refractivity contribution in [3.63, 3.8) is 0 Å². The number of amides is 1. The Morgan fingerprint density at radius 2 is 2.26 bits per heavy atom. The van der Waals surface area contributed by atoms with E-state index in [2.05, 4.69) is 10.3 Å². The molecule has 2 aromatic rings. The molecule has 0 bridgehead atoms. The Balaban J connectivity index is 1.96. The summed E-state index contributed by atoms with van der Waals surface area (Å²) < 4.78 is 0. The van der Waals surface area contributed by atoms with Crippen LogP contribution in [0.5, 0.6) is 0 Å². The van der Waals surface area contributed by atoms with Crippen LogP contribution in [0.4, 0.5) is 5.82 Å². The molecule has 0 aliphatic carbocycles. The highest BCUT2D eigenvalue weighted by Crippen LogP contribution is 2.21. The van der Waals surface area contributed by atoms with Crippen molar-refractivity contribution in [1.82, 2.24) is 10.3 Å². The van der Waals surface area contributed by atoms with Crippen LogP contribution in [0.1, 0.15) is 16.8 Å². The van der Waals surface area contributed by atoms with Gasteiger partial charge >= 0.3 is 0 Å². The number of hydrogen-bond donors (Lipinski definition) is 2. The normalized spacial score (nSPS) is 18.6. The van der Waals surface area contributed by atoms with Crippen LogP contribution in [0.15, 0.2) is 30.3 Å². The summed E-state index contributed by atoms with van der Waals surface area (Å²) in [7, 11) is 0. The van der Waals surface area contributed by atoms with Gasteiger partial charge in [-0.25, -0.2) is 4.98 Å². The maximum atomic E-state index is 12.4. The van der Waals surface area contributed by atoms with Gasteiger partial charge in [-0.15, -0.1) is 0 Å². The Hall–Kier alpha value is -1.75. The summed E-state index contributed by atoms with van der Waals surface area (Å²) in [6.07, 6.45) is 1.04. The van der Waals surface area contributed by atoms with Crippen LogP contribution in [0.2, 0.25) is 0 Å². The molecule has 1 amide bonds. The van der Waals surface area contributed by atoms with Crippen molar-refractivity contribution in [2.45, 2.75) is 12.5 Å². The number of benzene rings is 1. The zero-order valence-corrected chi connectivity index (χ0v) is 11.2. The molecule has 2 heterocycles. The van der Waals surface area contributed by atoms with Gasteiger partial charge in [-0.2, -0.15) is 11.8 Å². The monoisotopic (exact) mass is 273 g/mol. The minimum atomic E-state index is -0.0576. The molecule has 1 fully saturated rings. The number of para-hydroxylation sites is 1. The van der Waals surface area contributed by atoms with Crippen LogP contribution in [-0.2, 0) is 0 Å². The molecule has 98 valence electrons. The fourth-order valence-corrected chi connectivity index (χ4v) is 3.45. The number of rotatable bonds is 2. The molecule has 5 heteroatoms. The first-order valence-corrected chi connectivity index (χ1v) is 7.43. The van der Waals surface area contributed by atoms with Crippen LogP contribution in [-0.4, -0.2) is 28.4 Å². The SMILES string of the molecule is Nc1cc(C(=O)NC2CCSC2)c2ccccc2n1. The molecule has 4 nitrogen and oxygen atoms in total. The zero-order chi connectivity index (χ0) is 13.2. The number of anilines is 1. The van der Waals surface area contributed by atoms with Crippen molar-refractivity contribution in [3.8, 4) is 0 Å². The topological polar surface area (TPSA) is 68.0 Å². The van der Waals surface area contributed by atoms with Gasteiger partial charge in [-0.1, -0.05) is 18.2 Å². The Morgan fingerprint density at radius 3 is 3.05 bits per heavy atom. The van der Waals surface area contributed by atoms with Crippen LogP contribution in [0, 0.1) is 0 Å². The first kappa shape index (κ1) is 12.3. The lowest BCUT2D eigenvalue weighted by Gasteiger charge is -2.13. The van der Waals surface area contributed by atoms with E-state index in [0.29, 0.717) is 11.4 Å². The van der Waals surface area contributed by atoms with Crippen LogP contribution >= 0.6 is 11.8 Å². The van der Waals surface area contributed by atoms with Crippen molar-refractivity contribution in [1.29, 1.82) is 0 Å². The maximum Gasteiger partial charge on any atom is 0.252 e. The summed E-state index contributed by atoms with van der Waals surface area (Å²) in [4.78, 5) is 16.6. The number of pyridine rings is 1. The summed E-state index contributed by atoms with van der Waals surface area (Å²) in [5.41, 5.74) is 7.14. The predicted molar refractivity (Wildman–Crippen MR) is 79.4 cm³/mol. The summed E-state index contributed by atoms with van der Waals surface area (Å²) >= 11 is 1.87. The van der Waals surface area contributed by atoms with E-state index in [1.807, 2.05) is 36.0 Å². The maximum absolute atomic E-state index is 12.4. The highest BCUT2D eigenvalue weighted by atomic mass is 32.2. The largest absolute Gasteiger partial charge is 0.384 e. The Kier molecular flexibility index (Phi) is 3.29. The van der Waals surface area contributed by atoms with E-state index < -0.39 is 0 Å². The molecular weight excluding hydrogens is 258 g/mol. The van der Waals surface area contributed by atoms with E-state index in [-0.39, 0.29) is 11.9 Å². The molecule has 19 heavy (non-hydrogen) atoms. The van der Waals surface area contributed by atoms with Crippen molar-refractivity contribution in [2.75, 3.05) is 17.2 Å². The highest BCUT2D eigenvalue weighted by molar-refractivity contribution is 7.99. The van der Waals surface area contributed by atoms with Crippen LogP contribution in [0.3, 0.4) is 0 Å². The number of carbonyl (C=O) groups is 1. The van der Waals surface area contributed by atoms with Gasteiger partial charge in [0.25, 0.3) is 5.91 Å². The molecule has 1 unspecified atom stereocenters. The molecule has 0 spiro atoms. The molecule has 3 rings (SSSR count). The highest BCUT2D eigenvalue weighted by Gasteiger charge is 2.20. The van der Waals surface area contributed by atoms with E-state index >= 15 is 0 Å². The quantitative estimate of drug-likeness (QED) is 0.878. The van der Waals surface area contributed by atoms with Crippen LogP contribution < -0.4 is 11.1 Å². The molecule has 3 N–H and O–H groups in total.